The lowest BCUT2D eigenvalue weighted by atomic mass is 9.96. The third-order valence-corrected chi connectivity index (χ3v) is 5.89. The molecule has 0 fully saturated rings. The monoisotopic (exact) mass is 336 g/mol. The van der Waals surface area contributed by atoms with Gasteiger partial charge in [0.05, 0.1) is 0 Å². The first-order chi connectivity index (χ1) is 11.1. The summed E-state index contributed by atoms with van der Waals surface area (Å²) in [4.78, 5) is 4.34. The molecule has 0 saturated heterocycles. The van der Waals surface area contributed by atoms with Gasteiger partial charge in [-0.05, 0) is 37.3 Å². The third kappa shape index (κ3) is 4.62. The molecule has 2 rings (SSSR count). The number of hydrogen-bond donors (Lipinski definition) is 1. The van der Waals surface area contributed by atoms with Crippen molar-refractivity contribution < 1.29 is 8.42 Å². The molecule has 1 heterocycles. The molecule has 0 spiro atoms. The summed E-state index contributed by atoms with van der Waals surface area (Å²) in [6, 6.07) is 3.19. The van der Waals surface area contributed by atoms with Crippen LogP contribution in [0.4, 0.5) is 5.82 Å². The predicted octanol–water partition coefficient (Wildman–Crippen LogP) is 2.87. The number of aromatic nitrogens is 1. The fourth-order valence-corrected chi connectivity index (χ4v) is 3.88. The lowest BCUT2D eigenvalue weighted by Gasteiger charge is -2.18. The third-order valence-electron chi connectivity index (χ3n) is 3.85. The second-order valence-corrected chi connectivity index (χ2v) is 7.34. The number of pyridine rings is 1. The molecule has 1 atom stereocenters. The average molecular weight is 336 g/mol. The first-order valence-electron chi connectivity index (χ1n) is 7.98. The van der Waals surface area contributed by atoms with Crippen LogP contribution in [0.25, 0.3) is 0 Å². The summed E-state index contributed by atoms with van der Waals surface area (Å²) in [5.74, 6) is 0.987. The van der Waals surface area contributed by atoms with Gasteiger partial charge < -0.3 is 0 Å². The Morgan fingerprint density at radius 3 is 2.70 bits per heavy atom. The van der Waals surface area contributed by atoms with E-state index in [-0.39, 0.29) is 4.90 Å². The Balaban J connectivity index is 1.99. The summed E-state index contributed by atoms with van der Waals surface area (Å²) in [5, 5.41) is 4.19. The van der Waals surface area contributed by atoms with Gasteiger partial charge in [-0.1, -0.05) is 26.0 Å². The summed E-state index contributed by atoms with van der Waals surface area (Å²) in [7, 11) is -3.46. The number of allylic oxidation sites excluding steroid dienone is 2. The Bertz CT molecular complexity index is 649. The van der Waals surface area contributed by atoms with Gasteiger partial charge in [0.15, 0.2) is 0 Å². The lowest BCUT2D eigenvalue weighted by molar-refractivity contribution is 0.445. The number of sulfonamides is 1. The van der Waals surface area contributed by atoms with Crippen molar-refractivity contribution >= 4 is 22.1 Å². The molecular weight excluding hydrogens is 312 g/mol. The van der Waals surface area contributed by atoms with Gasteiger partial charge in [-0.25, -0.2) is 13.4 Å². The predicted molar refractivity (Wildman–Crippen MR) is 92.9 cm³/mol. The summed E-state index contributed by atoms with van der Waals surface area (Å²) in [6.45, 7) is 4.52. The van der Waals surface area contributed by atoms with Crippen LogP contribution in [-0.4, -0.2) is 37.0 Å². The zero-order valence-electron chi connectivity index (χ0n) is 13.6. The van der Waals surface area contributed by atoms with Crippen molar-refractivity contribution in [3.8, 4) is 0 Å². The molecule has 7 heteroatoms. The normalized spacial score (nSPS) is 18.7. The first kappa shape index (κ1) is 17.6. The minimum absolute atomic E-state index is 0.202. The average Bonchev–Trinajstić information content (AvgIpc) is 2.57. The van der Waals surface area contributed by atoms with Crippen molar-refractivity contribution in [1.82, 2.24) is 9.29 Å². The second kappa shape index (κ2) is 8.21. The number of hydrogen-bond acceptors (Lipinski definition) is 5. The van der Waals surface area contributed by atoms with E-state index in [2.05, 4.69) is 27.7 Å². The Kier molecular flexibility index (Phi) is 6.29. The molecule has 1 unspecified atom stereocenters. The molecule has 0 radical (unpaired) electrons. The maximum absolute atomic E-state index is 12.4. The van der Waals surface area contributed by atoms with Crippen LogP contribution >= 0.6 is 0 Å². The van der Waals surface area contributed by atoms with Crippen LogP contribution in [0.15, 0.2) is 40.5 Å². The van der Waals surface area contributed by atoms with Crippen molar-refractivity contribution in [2.24, 2.45) is 11.0 Å². The molecular formula is C16H24N4O2S. The van der Waals surface area contributed by atoms with E-state index in [1.54, 1.807) is 12.1 Å². The van der Waals surface area contributed by atoms with E-state index in [0.717, 1.165) is 19.3 Å². The van der Waals surface area contributed by atoms with Gasteiger partial charge in [-0.15, -0.1) is 0 Å². The Morgan fingerprint density at radius 2 is 2.13 bits per heavy atom. The van der Waals surface area contributed by atoms with Crippen LogP contribution in [0, 0.1) is 5.92 Å². The number of rotatable bonds is 7. The molecule has 0 aromatic carbocycles. The molecule has 1 aliphatic carbocycles. The highest BCUT2D eigenvalue weighted by Gasteiger charge is 2.21. The summed E-state index contributed by atoms with van der Waals surface area (Å²) < 4.78 is 26.1. The molecule has 1 aromatic heterocycles. The minimum Gasteiger partial charge on any atom is -0.262 e. The van der Waals surface area contributed by atoms with Gasteiger partial charge in [-0.2, -0.15) is 9.41 Å². The van der Waals surface area contributed by atoms with Crippen LogP contribution in [-0.2, 0) is 10.0 Å². The van der Waals surface area contributed by atoms with Crippen molar-refractivity contribution in [2.45, 2.75) is 38.0 Å². The molecule has 0 saturated carbocycles. The fraction of sp³-hybridized carbons (Fsp3) is 0.500. The van der Waals surface area contributed by atoms with Crippen LogP contribution in [0.2, 0.25) is 0 Å². The first-order valence-corrected chi connectivity index (χ1v) is 9.42. The molecule has 0 amide bonds. The van der Waals surface area contributed by atoms with E-state index in [1.807, 2.05) is 20.1 Å². The summed E-state index contributed by atoms with van der Waals surface area (Å²) in [5.41, 5.74) is 2.85. The topological polar surface area (TPSA) is 74.7 Å². The zero-order valence-corrected chi connectivity index (χ0v) is 14.5. The van der Waals surface area contributed by atoms with E-state index in [0.29, 0.717) is 24.8 Å². The molecule has 6 nitrogen and oxygen atoms in total. The number of hydrazone groups is 1. The number of anilines is 1. The largest absolute Gasteiger partial charge is 0.262 e. The Hall–Kier alpha value is -1.73. The van der Waals surface area contributed by atoms with Crippen LogP contribution in [0.3, 0.4) is 0 Å². The summed E-state index contributed by atoms with van der Waals surface area (Å²) >= 11 is 0. The Morgan fingerprint density at radius 1 is 1.35 bits per heavy atom. The van der Waals surface area contributed by atoms with Crippen LogP contribution in [0.5, 0.6) is 0 Å². The zero-order chi connectivity index (χ0) is 16.7. The van der Waals surface area contributed by atoms with Crippen molar-refractivity contribution in [3.05, 3.63) is 30.5 Å². The van der Waals surface area contributed by atoms with Crippen molar-refractivity contribution in [3.63, 3.8) is 0 Å². The van der Waals surface area contributed by atoms with Crippen molar-refractivity contribution in [2.75, 3.05) is 18.5 Å². The fourth-order valence-electron chi connectivity index (χ4n) is 2.47. The van der Waals surface area contributed by atoms with Gasteiger partial charge in [0.25, 0.3) is 0 Å². The van der Waals surface area contributed by atoms with E-state index >= 15 is 0 Å². The maximum Gasteiger partial charge on any atom is 0.244 e. The molecule has 1 aliphatic rings. The smallest absolute Gasteiger partial charge is 0.244 e. The molecule has 1 aromatic rings. The van der Waals surface area contributed by atoms with Gasteiger partial charge in [0, 0.05) is 25.5 Å². The highest BCUT2D eigenvalue weighted by Crippen LogP contribution is 2.17. The lowest BCUT2D eigenvalue weighted by Crippen LogP contribution is -2.30. The van der Waals surface area contributed by atoms with Gasteiger partial charge in [0.1, 0.15) is 10.7 Å². The van der Waals surface area contributed by atoms with E-state index in [1.165, 1.54) is 10.5 Å². The second-order valence-electron chi connectivity index (χ2n) is 5.40. The highest BCUT2D eigenvalue weighted by atomic mass is 32.2. The molecule has 0 aliphatic heterocycles. The van der Waals surface area contributed by atoms with Gasteiger partial charge in [0.2, 0.25) is 10.0 Å². The molecule has 0 bridgehead atoms. The number of nitrogens with zero attached hydrogens (tertiary/aromatic N) is 3. The van der Waals surface area contributed by atoms with Crippen molar-refractivity contribution in [1.29, 1.82) is 0 Å². The SMILES string of the molecule is CCN(CC)S(=O)(=O)c1ccc(NN=CC2CC=CCC2)nc1. The Labute approximate surface area is 138 Å². The number of nitrogens with one attached hydrogen (secondary N) is 1. The maximum atomic E-state index is 12.4. The van der Waals surface area contributed by atoms with E-state index in [9.17, 15) is 8.42 Å². The molecule has 23 heavy (non-hydrogen) atoms. The molecule has 1 N–H and O–H groups in total. The minimum atomic E-state index is -3.46. The van der Waals surface area contributed by atoms with Crippen LogP contribution < -0.4 is 5.43 Å². The standard InChI is InChI=1S/C16H24N4O2S/c1-3-20(4-2)23(21,22)15-10-11-16(17-13-15)19-18-12-14-8-6-5-7-9-14/h5-6,10-14H,3-4,7-9H2,1-2H3,(H,17,19). The quantitative estimate of drug-likeness (QED) is 0.472. The van der Waals surface area contributed by atoms with Gasteiger partial charge in [-0.3, -0.25) is 5.43 Å². The van der Waals surface area contributed by atoms with E-state index in [4.69, 9.17) is 0 Å². The van der Waals surface area contributed by atoms with Crippen LogP contribution in [0.1, 0.15) is 33.1 Å². The van der Waals surface area contributed by atoms with Gasteiger partial charge >= 0.3 is 0 Å². The molecule has 126 valence electrons. The summed E-state index contributed by atoms with van der Waals surface area (Å²) in [6.07, 6.45) is 10.8. The van der Waals surface area contributed by atoms with E-state index < -0.39 is 10.0 Å². The highest BCUT2D eigenvalue weighted by molar-refractivity contribution is 7.89.